The Bertz CT molecular complexity index is 266. The standard InChI is InChI=1S/C13H21NO/c1-9-3-2-4-14(8-9)13(15)12-6-10-5-11(10)7-12/h9-12H,2-8H2,1H3. The van der Waals surface area contributed by atoms with Crippen LogP contribution in [0.3, 0.4) is 0 Å². The molecule has 3 unspecified atom stereocenters. The Labute approximate surface area is 92.0 Å². The minimum Gasteiger partial charge on any atom is -0.342 e. The van der Waals surface area contributed by atoms with E-state index in [0.717, 1.165) is 30.8 Å². The molecule has 0 aromatic heterocycles. The summed E-state index contributed by atoms with van der Waals surface area (Å²) in [6, 6.07) is 0. The summed E-state index contributed by atoms with van der Waals surface area (Å²) in [6.07, 6.45) is 6.34. The van der Waals surface area contributed by atoms with Crippen LogP contribution in [0.2, 0.25) is 0 Å². The highest BCUT2D eigenvalue weighted by Gasteiger charge is 2.48. The third kappa shape index (κ3) is 1.79. The second-order valence-electron chi connectivity index (χ2n) is 5.96. The Morgan fingerprint density at radius 3 is 2.60 bits per heavy atom. The van der Waals surface area contributed by atoms with Crippen molar-refractivity contribution < 1.29 is 4.79 Å². The van der Waals surface area contributed by atoms with Crippen molar-refractivity contribution in [1.29, 1.82) is 0 Å². The van der Waals surface area contributed by atoms with E-state index in [2.05, 4.69) is 11.8 Å². The quantitative estimate of drug-likeness (QED) is 0.646. The lowest BCUT2D eigenvalue weighted by atomic mass is 9.96. The van der Waals surface area contributed by atoms with E-state index in [1.165, 1.54) is 32.1 Å². The fourth-order valence-electron chi connectivity index (χ4n) is 3.56. The molecule has 0 aromatic rings. The zero-order valence-corrected chi connectivity index (χ0v) is 9.61. The molecule has 84 valence electrons. The maximum absolute atomic E-state index is 12.2. The summed E-state index contributed by atoms with van der Waals surface area (Å²) in [7, 11) is 0. The highest BCUT2D eigenvalue weighted by atomic mass is 16.2. The number of amides is 1. The minimum absolute atomic E-state index is 0.402. The van der Waals surface area contributed by atoms with E-state index in [0.29, 0.717) is 11.8 Å². The predicted molar refractivity (Wildman–Crippen MR) is 59.3 cm³/mol. The molecule has 3 rings (SSSR count). The maximum Gasteiger partial charge on any atom is 0.225 e. The molecular weight excluding hydrogens is 186 g/mol. The smallest absolute Gasteiger partial charge is 0.225 e. The summed E-state index contributed by atoms with van der Waals surface area (Å²) >= 11 is 0. The molecule has 2 aliphatic carbocycles. The van der Waals surface area contributed by atoms with Crippen molar-refractivity contribution in [2.75, 3.05) is 13.1 Å². The van der Waals surface area contributed by atoms with Crippen LogP contribution in [0.1, 0.15) is 39.0 Å². The Kier molecular flexibility index (Phi) is 2.26. The van der Waals surface area contributed by atoms with Crippen LogP contribution in [0.15, 0.2) is 0 Å². The number of rotatable bonds is 1. The average Bonchev–Trinajstić information content (AvgIpc) is 2.85. The van der Waals surface area contributed by atoms with Crippen LogP contribution in [-0.2, 0) is 4.79 Å². The number of carbonyl (C=O) groups excluding carboxylic acids is 1. The largest absolute Gasteiger partial charge is 0.342 e. The number of carbonyl (C=O) groups is 1. The number of hydrogen-bond acceptors (Lipinski definition) is 1. The Balaban J connectivity index is 1.59. The minimum atomic E-state index is 0.402. The molecule has 15 heavy (non-hydrogen) atoms. The Morgan fingerprint density at radius 1 is 1.20 bits per heavy atom. The first-order valence-electron chi connectivity index (χ1n) is 6.53. The second kappa shape index (κ2) is 3.50. The highest BCUT2D eigenvalue weighted by molar-refractivity contribution is 5.79. The van der Waals surface area contributed by atoms with Gasteiger partial charge in [-0.15, -0.1) is 0 Å². The molecular formula is C13H21NO. The van der Waals surface area contributed by atoms with Crippen LogP contribution >= 0.6 is 0 Å². The molecule has 3 atom stereocenters. The number of nitrogens with zero attached hydrogens (tertiary/aromatic N) is 1. The molecule has 3 aliphatic rings. The molecule has 3 fully saturated rings. The van der Waals surface area contributed by atoms with Gasteiger partial charge < -0.3 is 4.90 Å². The summed E-state index contributed by atoms with van der Waals surface area (Å²) in [4.78, 5) is 14.4. The number of likely N-dealkylation sites (tertiary alicyclic amines) is 1. The molecule has 2 saturated carbocycles. The first-order chi connectivity index (χ1) is 7.24. The topological polar surface area (TPSA) is 20.3 Å². The van der Waals surface area contributed by atoms with E-state index in [1.807, 2.05) is 0 Å². The maximum atomic E-state index is 12.2. The van der Waals surface area contributed by atoms with Gasteiger partial charge in [-0.1, -0.05) is 6.92 Å². The van der Waals surface area contributed by atoms with Gasteiger partial charge in [0.15, 0.2) is 0 Å². The van der Waals surface area contributed by atoms with E-state index in [1.54, 1.807) is 0 Å². The van der Waals surface area contributed by atoms with E-state index in [9.17, 15) is 4.79 Å². The summed E-state index contributed by atoms with van der Waals surface area (Å²) in [6.45, 7) is 4.31. The van der Waals surface area contributed by atoms with Gasteiger partial charge in [0.2, 0.25) is 5.91 Å². The molecule has 0 aromatic carbocycles. The van der Waals surface area contributed by atoms with Gasteiger partial charge in [-0.05, 0) is 49.9 Å². The van der Waals surface area contributed by atoms with Crippen molar-refractivity contribution in [1.82, 2.24) is 4.90 Å². The van der Waals surface area contributed by atoms with E-state index in [4.69, 9.17) is 0 Å². The van der Waals surface area contributed by atoms with Gasteiger partial charge in [-0.2, -0.15) is 0 Å². The molecule has 1 amide bonds. The van der Waals surface area contributed by atoms with Crippen LogP contribution in [0.5, 0.6) is 0 Å². The molecule has 1 aliphatic heterocycles. The van der Waals surface area contributed by atoms with Crippen molar-refractivity contribution >= 4 is 5.91 Å². The highest BCUT2D eigenvalue weighted by Crippen LogP contribution is 2.54. The molecule has 1 heterocycles. The van der Waals surface area contributed by atoms with Gasteiger partial charge in [0.1, 0.15) is 0 Å². The fourth-order valence-corrected chi connectivity index (χ4v) is 3.56. The molecule has 2 nitrogen and oxygen atoms in total. The van der Waals surface area contributed by atoms with Crippen LogP contribution < -0.4 is 0 Å². The van der Waals surface area contributed by atoms with Crippen LogP contribution in [0, 0.1) is 23.7 Å². The van der Waals surface area contributed by atoms with Crippen molar-refractivity contribution in [3.05, 3.63) is 0 Å². The summed E-state index contributed by atoms with van der Waals surface area (Å²) in [5.41, 5.74) is 0. The predicted octanol–water partition coefficient (Wildman–Crippen LogP) is 2.29. The molecule has 2 heteroatoms. The third-order valence-electron chi connectivity index (χ3n) is 4.56. The Hall–Kier alpha value is -0.530. The van der Waals surface area contributed by atoms with E-state index in [-0.39, 0.29) is 0 Å². The van der Waals surface area contributed by atoms with Gasteiger partial charge in [-0.3, -0.25) is 4.79 Å². The zero-order chi connectivity index (χ0) is 10.4. The molecule has 1 saturated heterocycles. The first kappa shape index (κ1) is 9.68. The summed E-state index contributed by atoms with van der Waals surface area (Å²) in [5.74, 6) is 3.47. The lowest BCUT2D eigenvalue weighted by Crippen LogP contribution is -2.42. The Morgan fingerprint density at radius 2 is 1.93 bits per heavy atom. The molecule has 0 radical (unpaired) electrons. The van der Waals surface area contributed by atoms with Crippen LogP contribution in [0.4, 0.5) is 0 Å². The van der Waals surface area contributed by atoms with E-state index < -0.39 is 0 Å². The van der Waals surface area contributed by atoms with Crippen molar-refractivity contribution in [3.63, 3.8) is 0 Å². The molecule has 0 bridgehead atoms. The van der Waals surface area contributed by atoms with Gasteiger partial charge in [-0.25, -0.2) is 0 Å². The van der Waals surface area contributed by atoms with Crippen molar-refractivity contribution in [2.45, 2.75) is 39.0 Å². The van der Waals surface area contributed by atoms with E-state index >= 15 is 0 Å². The SMILES string of the molecule is CC1CCCN(C(=O)C2CC3CC3C2)C1. The van der Waals surface area contributed by atoms with Crippen LogP contribution in [-0.4, -0.2) is 23.9 Å². The van der Waals surface area contributed by atoms with Gasteiger partial charge in [0.05, 0.1) is 0 Å². The zero-order valence-electron chi connectivity index (χ0n) is 9.61. The summed E-state index contributed by atoms with van der Waals surface area (Å²) in [5, 5.41) is 0. The lowest BCUT2D eigenvalue weighted by molar-refractivity contribution is -0.137. The monoisotopic (exact) mass is 207 g/mol. The molecule has 0 spiro atoms. The second-order valence-corrected chi connectivity index (χ2v) is 5.96. The molecule has 0 N–H and O–H groups in total. The van der Waals surface area contributed by atoms with Gasteiger partial charge in [0, 0.05) is 19.0 Å². The van der Waals surface area contributed by atoms with Gasteiger partial charge >= 0.3 is 0 Å². The van der Waals surface area contributed by atoms with Gasteiger partial charge in [0.25, 0.3) is 0 Å². The van der Waals surface area contributed by atoms with Crippen molar-refractivity contribution in [3.8, 4) is 0 Å². The van der Waals surface area contributed by atoms with Crippen molar-refractivity contribution in [2.24, 2.45) is 23.7 Å². The normalized spacial score (nSPS) is 43.9. The summed E-state index contributed by atoms with van der Waals surface area (Å²) < 4.78 is 0. The first-order valence-corrected chi connectivity index (χ1v) is 6.53. The number of piperidine rings is 1. The number of hydrogen-bond donors (Lipinski definition) is 0. The lowest BCUT2D eigenvalue weighted by Gasteiger charge is -2.33. The fraction of sp³-hybridized carbons (Fsp3) is 0.923. The average molecular weight is 207 g/mol. The number of fused-ring (bicyclic) bond motifs is 1. The third-order valence-corrected chi connectivity index (χ3v) is 4.56. The van der Waals surface area contributed by atoms with Crippen LogP contribution in [0.25, 0.3) is 0 Å².